The molecule has 0 aliphatic carbocycles. The second kappa shape index (κ2) is 13.2. The van der Waals surface area contributed by atoms with Crippen LogP contribution in [0.15, 0.2) is 33.5 Å². The lowest BCUT2D eigenvalue weighted by atomic mass is 10.1. The summed E-state index contributed by atoms with van der Waals surface area (Å²) >= 11 is 0. The van der Waals surface area contributed by atoms with E-state index >= 15 is 0 Å². The molecule has 7 nitrogen and oxygen atoms in total. The smallest absolute Gasteiger partial charge is 0.424 e. The number of rotatable bonds is 15. The van der Waals surface area contributed by atoms with E-state index in [4.69, 9.17) is 18.6 Å². The molecule has 0 atom stereocenters. The number of unbranched alkanes of at least 4 members (excludes halogenated alkanes) is 3. The molecule has 3 rings (SSSR count). The zero-order valence-corrected chi connectivity index (χ0v) is 21.0. The fourth-order valence-corrected chi connectivity index (χ4v) is 3.69. The van der Waals surface area contributed by atoms with Gasteiger partial charge in [-0.05, 0) is 55.9 Å². The molecule has 0 radical (unpaired) electrons. The number of ether oxygens (including phenoxy) is 3. The highest BCUT2D eigenvalue weighted by Crippen LogP contribution is 2.29. The maximum absolute atomic E-state index is 13.0. The fourth-order valence-electron chi connectivity index (χ4n) is 3.69. The summed E-state index contributed by atoms with van der Waals surface area (Å²) in [5.74, 6) is 0.402. The van der Waals surface area contributed by atoms with Crippen LogP contribution in [-0.4, -0.2) is 36.0 Å². The van der Waals surface area contributed by atoms with E-state index in [1.807, 2.05) is 19.1 Å². The Labute approximate surface area is 202 Å². The Morgan fingerprint density at radius 3 is 2.35 bits per heavy atom. The van der Waals surface area contributed by atoms with E-state index in [-0.39, 0.29) is 0 Å². The summed E-state index contributed by atoms with van der Waals surface area (Å²) in [6, 6.07) is 7.62. The molecule has 0 spiro atoms. The normalized spacial score (nSPS) is 11.3. The van der Waals surface area contributed by atoms with Gasteiger partial charge in [0, 0.05) is 12.7 Å². The fraction of sp³-hybridized carbons (Fsp3) is 0.556. The lowest BCUT2D eigenvalue weighted by molar-refractivity contribution is 0.134. The molecule has 0 saturated heterocycles. The minimum atomic E-state index is -0.462. The van der Waals surface area contributed by atoms with E-state index in [1.165, 1.54) is 0 Å². The summed E-state index contributed by atoms with van der Waals surface area (Å²) < 4.78 is 24.8. The molecule has 0 saturated carbocycles. The zero-order chi connectivity index (χ0) is 24.3. The third-order valence-corrected chi connectivity index (χ3v) is 5.60. The maximum atomic E-state index is 13.0. The van der Waals surface area contributed by atoms with Gasteiger partial charge in [-0.2, -0.15) is 4.98 Å². The van der Waals surface area contributed by atoms with Crippen molar-refractivity contribution in [2.45, 2.75) is 72.6 Å². The predicted octanol–water partition coefficient (Wildman–Crippen LogP) is 6.00. The van der Waals surface area contributed by atoms with Gasteiger partial charge >= 0.3 is 5.76 Å². The number of nitrogens with zero attached hydrogens (tertiary/aromatic N) is 2. The van der Waals surface area contributed by atoms with Gasteiger partial charge in [-0.25, -0.2) is 9.36 Å². The molecular formula is C27H38N2O5. The lowest BCUT2D eigenvalue weighted by Gasteiger charge is -2.13. The van der Waals surface area contributed by atoms with Gasteiger partial charge in [-0.3, -0.25) is 0 Å². The zero-order valence-electron chi connectivity index (χ0n) is 21.0. The standard InChI is InChI=1S/C27H38N2O5/c1-5-8-14-31-17-13-21-18-20(4)19-23-25(21)34-27(30)29(23)22-11-12-24(32-15-9-6-2)28-26(22)33-16-10-7-3/h11-12,18-19H,5-10,13-17H2,1-4H3. The number of aryl methyl sites for hydroxylation is 1. The van der Waals surface area contributed by atoms with E-state index in [9.17, 15) is 4.79 Å². The Balaban J connectivity index is 1.98. The van der Waals surface area contributed by atoms with Crippen LogP contribution in [0.3, 0.4) is 0 Å². The average Bonchev–Trinajstić information content (AvgIpc) is 3.15. The summed E-state index contributed by atoms with van der Waals surface area (Å²) in [7, 11) is 0. The number of fused-ring (bicyclic) bond motifs is 1. The Bertz CT molecular complexity index is 1100. The maximum Gasteiger partial charge on any atom is 0.424 e. The highest BCUT2D eigenvalue weighted by Gasteiger charge is 2.20. The summed E-state index contributed by atoms with van der Waals surface area (Å²) in [5.41, 5.74) is 3.85. The van der Waals surface area contributed by atoms with Crippen LogP contribution >= 0.6 is 0 Å². The van der Waals surface area contributed by atoms with E-state index in [2.05, 4.69) is 31.8 Å². The minimum absolute atomic E-state index is 0.373. The first-order chi connectivity index (χ1) is 16.6. The quantitative estimate of drug-likeness (QED) is 0.253. The van der Waals surface area contributed by atoms with Crippen LogP contribution < -0.4 is 15.2 Å². The number of aromatic nitrogens is 2. The molecule has 2 heterocycles. The monoisotopic (exact) mass is 470 g/mol. The summed E-state index contributed by atoms with van der Waals surface area (Å²) in [6.45, 7) is 10.8. The highest BCUT2D eigenvalue weighted by atomic mass is 16.5. The largest absolute Gasteiger partial charge is 0.478 e. The molecule has 0 amide bonds. The molecule has 0 aliphatic rings. The lowest BCUT2D eigenvalue weighted by Crippen LogP contribution is -2.15. The van der Waals surface area contributed by atoms with Gasteiger partial charge in [0.25, 0.3) is 0 Å². The Kier molecular flexibility index (Phi) is 10.0. The molecular weight excluding hydrogens is 432 g/mol. The van der Waals surface area contributed by atoms with Crippen molar-refractivity contribution in [3.8, 4) is 17.4 Å². The molecule has 1 aromatic carbocycles. The Hall–Kier alpha value is -2.80. The van der Waals surface area contributed by atoms with E-state index in [1.54, 1.807) is 10.6 Å². The summed E-state index contributed by atoms with van der Waals surface area (Å²) in [5, 5.41) is 0. The minimum Gasteiger partial charge on any atom is -0.478 e. The van der Waals surface area contributed by atoms with Gasteiger partial charge in [-0.1, -0.05) is 46.1 Å². The van der Waals surface area contributed by atoms with Crippen LogP contribution in [0.4, 0.5) is 0 Å². The van der Waals surface area contributed by atoms with Gasteiger partial charge in [0.1, 0.15) is 5.69 Å². The number of hydrogen-bond acceptors (Lipinski definition) is 6. The number of benzene rings is 1. The second-order valence-electron chi connectivity index (χ2n) is 8.57. The SMILES string of the molecule is CCCCOCCc1cc(C)cc2c1oc(=O)n2-c1ccc(OCCCC)nc1OCCCC. The second-order valence-corrected chi connectivity index (χ2v) is 8.57. The van der Waals surface area contributed by atoms with Crippen LogP contribution in [0.25, 0.3) is 16.8 Å². The van der Waals surface area contributed by atoms with Crippen molar-refractivity contribution in [1.82, 2.24) is 9.55 Å². The Morgan fingerprint density at radius 2 is 1.62 bits per heavy atom. The third-order valence-electron chi connectivity index (χ3n) is 5.60. The van der Waals surface area contributed by atoms with Crippen molar-refractivity contribution in [2.75, 3.05) is 26.4 Å². The molecule has 0 N–H and O–H groups in total. The first kappa shape index (κ1) is 25.8. The molecule has 7 heteroatoms. The molecule has 186 valence electrons. The topological polar surface area (TPSA) is 75.7 Å². The first-order valence-corrected chi connectivity index (χ1v) is 12.6. The molecule has 3 aromatic rings. The van der Waals surface area contributed by atoms with Crippen LogP contribution in [0.2, 0.25) is 0 Å². The van der Waals surface area contributed by atoms with Crippen molar-refractivity contribution < 1.29 is 18.6 Å². The van der Waals surface area contributed by atoms with E-state index < -0.39 is 5.76 Å². The van der Waals surface area contributed by atoms with Gasteiger partial charge < -0.3 is 18.6 Å². The van der Waals surface area contributed by atoms with Crippen molar-refractivity contribution in [1.29, 1.82) is 0 Å². The third kappa shape index (κ3) is 6.63. The van der Waals surface area contributed by atoms with Gasteiger partial charge in [0.15, 0.2) is 5.58 Å². The molecule has 0 bridgehead atoms. The summed E-state index contributed by atoms with van der Waals surface area (Å²) in [4.78, 5) is 17.6. The molecule has 34 heavy (non-hydrogen) atoms. The van der Waals surface area contributed by atoms with Gasteiger partial charge in [0.05, 0.1) is 25.3 Å². The van der Waals surface area contributed by atoms with Crippen LogP contribution in [0.5, 0.6) is 11.8 Å². The van der Waals surface area contributed by atoms with E-state index in [0.29, 0.717) is 54.8 Å². The van der Waals surface area contributed by atoms with Gasteiger partial charge in [0.2, 0.25) is 11.8 Å². The van der Waals surface area contributed by atoms with Crippen molar-refractivity contribution in [2.24, 2.45) is 0 Å². The van der Waals surface area contributed by atoms with Crippen LogP contribution in [0, 0.1) is 6.92 Å². The first-order valence-electron chi connectivity index (χ1n) is 12.6. The highest BCUT2D eigenvalue weighted by molar-refractivity contribution is 5.80. The van der Waals surface area contributed by atoms with Crippen LogP contribution in [0.1, 0.15) is 70.4 Å². The van der Waals surface area contributed by atoms with Crippen molar-refractivity contribution >= 4 is 11.1 Å². The Morgan fingerprint density at radius 1 is 0.912 bits per heavy atom. The van der Waals surface area contributed by atoms with Crippen LogP contribution in [-0.2, 0) is 11.2 Å². The van der Waals surface area contributed by atoms with E-state index in [0.717, 1.165) is 56.3 Å². The summed E-state index contributed by atoms with van der Waals surface area (Å²) in [6.07, 6.45) is 6.71. The number of oxazole rings is 1. The average molecular weight is 471 g/mol. The number of pyridine rings is 1. The molecule has 0 aliphatic heterocycles. The molecule has 0 fully saturated rings. The molecule has 2 aromatic heterocycles. The van der Waals surface area contributed by atoms with Crippen molar-refractivity contribution in [3.63, 3.8) is 0 Å². The predicted molar refractivity (Wildman–Crippen MR) is 135 cm³/mol. The van der Waals surface area contributed by atoms with Gasteiger partial charge in [-0.15, -0.1) is 0 Å². The van der Waals surface area contributed by atoms with Crippen molar-refractivity contribution in [3.05, 3.63) is 45.9 Å². The number of hydrogen-bond donors (Lipinski definition) is 0. The molecule has 0 unspecified atom stereocenters.